The fraction of sp³-hybridized carbons (Fsp3) is 0.538. The topological polar surface area (TPSA) is 21.3 Å². The first-order valence-corrected chi connectivity index (χ1v) is 5.79. The van der Waals surface area contributed by atoms with Crippen molar-refractivity contribution >= 4 is 5.69 Å². The summed E-state index contributed by atoms with van der Waals surface area (Å²) in [5, 5.41) is 3.37. The lowest BCUT2D eigenvalue weighted by Crippen LogP contribution is -2.32. The van der Waals surface area contributed by atoms with Gasteiger partial charge >= 0.3 is 0 Å². The quantitative estimate of drug-likeness (QED) is 0.831. The lowest BCUT2D eigenvalue weighted by Gasteiger charge is -2.28. The van der Waals surface area contributed by atoms with E-state index in [0.717, 1.165) is 30.7 Å². The Kier molecular flexibility index (Phi) is 3.44. The summed E-state index contributed by atoms with van der Waals surface area (Å²) in [5.41, 5.74) is 1.82. The van der Waals surface area contributed by atoms with Gasteiger partial charge in [-0.15, -0.1) is 0 Å². The van der Waals surface area contributed by atoms with E-state index in [1.54, 1.807) is 6.07 Å². The number of hydrogen-bond acceptors (Lipinski definition) is 2. The van der Waals surface area contributed by atoms with Gasteiger partial charge in [0, 0.05) is 18.3 Å². The van der Waals surface area contributed by atoms with Gasteiger partial charge in [0.25, 0.3) is 0 Å². The Bertz CT molecular complexity index is 347. The molecule has 1 saturated heterocycles. The second-order valence-electron chi connectivity index (χ2n) is 4.56. The van der Waals surface area contributed by atoms with E-state index >= 15 is 0 Å². The lowest BCUT2D eigenvalue weighted by atomic mass is 10.0. The highest BCUT2D eigenvalue weighted by molar-refractivity contribution is 5.46. The molecule has 1 N–H and O–H groups in total. The average molecular weight is 223 g/mol. The molecule has 0 bridgehead atoms. The Balaban J connectivity index is 2.02. The summed E-state index contributed by atoms with van der Waals surface area (Å²) in [6, 6.07) is 5.46. The molecule has 0 radical (unpaired) electrons. The summed E-state index contributed by atoms with van der Waals surface area (Å²) in [7, 11) is 0. The van der Waals surface area contributed by atoms with Crippen molar-refractivity contribution in [2.24, 2.45) is 0 Å². The molecule has 1 fully saturated rings. The zero-order chi connectivity index (χ0) is 11.5. The standard InChI is InChI=1S/C13H18FNO/c1-9-5-11(14)8-13(6-9)15-12-3-4-16-10(2)7-12/h5-6,8,10,12,15H,3-4,7H2,1-2H3. The van der Waals surface area contributed by atoms with Crippen LogP contribution in [0, 0.1) is 12.7 Å². The van der Waals surface area contributed by atoms with Crippen LogP contribution in [0.1, 0.15) is 25.3 Å². The number of ether oxygens (including phenoxy) is 1. The SMILES string of the molecule is Cc1cc(F)cc(NC2CCOC(C)C2)c1. The summed E-state index contributed by atoms with van der Waals surface area (Å²) < 4.78 is 18.7. The molecule has 0 saturated carbocycles. The zero-order valence-electron chi connectivity index (χ0n) is 9.79. The number of aryl methyl sites for hydroxylation is 1. The Morgan fingerprint density at radius 3 is 2.88 bits per heavy atom. The highest BCUT2D eigenvalue weighted by Gasteiger charge is 2.19. The highest BCUT2D eigenvalue weighted by atomic mass is 19.1. The summed E-state index contributed by atoms with van der Waals surface area (Å²) in [4.78, 5) is 0. The van der Waals surface area contributed by atoms with E-state index in [1.807, 2.05) is 13.0 Å². The molecule has 1 aliphatic rings. The van der Waals surface area contributed by atoms with Crippen LogP contribution in [0.4, 0.5) is 10.1 Å². The maximum atomic E-state index is 13.2. The lowest BCUT2D eigenvalue weighted by molar-refractivity contribution is 0.0232. The van der Waals surface area contributed by atoms with Gasteiger partial charge in [-0.1, -0.05) is 0 Å². The summed E-state index contributed by atoms with van der Waals surface area (Å²) >= 11 is 0. The Morgan fingerprint density at radius 2 is 2.19 bits per heavy atom. The first kappa shape index (κ1) is 11.4. The van der Waals surface area contributed by atoms with E-state index in [1.165, 1.54) is 6.07 Å². The van der Waals surface area contributed by atoms with Crippen molar-refractivity contribution in [3.63, 3.8) is 0 Å². The second kappa shape index (κ2) is 4.83. The first-order valence-electron chi connectivity index (χ1n) is 5.79. The van der Waals surface area contributed by atoms with E-state index in [-0.39, 0.29) is 5.82 Å². The zero-order valence-corrected chi connectivity index (χ0v) is 9.79. The van der Waals surface area contributed by atoms with Crippen LogP contribution in [0.3, 0.4) is 0 Å². The fourth-order valence-electron chi connectivity index (χ4n) is 2.18. The van der Waals surface area contributed by atoms with Crippen LogP contribution >= 0.6 is 0 Å². The Morgan fingerprint density at radius 1 is 1.38 bits per heavy atom. The maximum absolute atomic E-state index is 13.2. The number of hydrogen-bond donors (Lipinski definition) is 1. The Labute approximate surface area is 95.8 Å². The third-order valence-corrected chi connectivity index (χ3v) is 2.90. The molecule has 16 heavy (non-hydrogen) atoms. The van der Waals surface area contributed by atoms with Crippen LogP contribution in [-0.4, -0.2) is 18.8 Å². The van der Waals surface area contributed by atoms with Crippen LogP contribution in [0.5, 0.6) is 0 Å². The van der Waals surface area contributed by atoms with Crippen molar-refractivity contribution in [1.82, 2.24) is 0 Å². The van der Waals surface area contributed by atoms with Gasteiger partial charge in [0.1, 0.15) is 5.82 Å². The molecule has 0 amide bonds. The van der Waals surface area contributed by atoms with Crippen LogP contribution in [-0.2, 0) is 4.74 Å². The number of nitrogens with one attached hydrogen (secondary N) is 1. The second-order valence-corrected chi connectivity index (χ2v) is 4.56. The van der Waals surface area contributed by atoms with Gasteiger partial charge in [-0.05, 0) is 50.5 Å². The number of anilines is 1. The fourth-order valence-corrected chi connectivity index (χ4v) is 2.18. The van der Waals surface area contributed by atoms with Crippen molar-refractivity contribution in [2.45, 2.75) is 38.8 Å². The Hall–Kier alpha value is -1.09. The molecule has 1 aliphatic heterocycles. The molecule has 0 spiro atoms. The summed E-state index contributed by atoms with van der Waals surface area (Å²) in [6.45, 7) is 4.76. The van der Waals surface area contributed by atoms with Crippen LogP contribution < -0.4 is 5.32 Å². The molecule has 1 heterocycles. The number of benzene rings is 1. The normalized spacial score (nSPS) is 25.4. The molecule has 1 aromatic rings. The van der Waals surface area contributed by atoms with Gasteiger partial charge in [-0.2, -0.15) is 0 Å². The molecule has 1 aromatic carbocycles. The third-order valence-electron chi connectivity index (χ3n) is 2.90. The molecule has 2 rings (SSSR count). The predicted molar refractivity (Wildman–Crippen MR) is 63.2 cm³/mol. The minimum Gasteiger partial charge on any atom is -0.382 e. The van der Waals surface area contributed by atoms with E-state index in [9.17, 15) is 4.39 Å². The van der Waals surface area contributed by atoms with Gasteiger partial charge in [-0.25, -0.2) is 4.39 Å². The minimum atomic E-state index is -0.178. The van der Waals surface area contributed by atoms with Crippen molar-refractivity contribution in [3.05, 3.63) is 29.6 Å². The maximum Gasteiger partial charge on any atom is 0.125 e. The van der Waals surface area contributed by atoms with Gasteiger partial charge in [-0.3, -0.25) is 0 Å². The molecule has 88 valence electrons. The van der Waals surface area contributed by atoms with E-state index in [2.05, 4.69) is 12.2 Å². The molecule has 2 atom stereocenters. The summed E-state index contributed by atoms with van der Waals surface area (Å²) in [5.74, 6) is -0.178. The van der Waals surface area contributed by atoms with Crippen molar-refractivity contribution in [1.29, 1.82) is 0 Å². The largest absolute Gasteiger partial charge is 0.382 e. The van der Waals surface area contributed by atoms with E-state index in [4.69, 9.17) is 4.74 Å². The number of rotatable bonds is 2. The van der Waals surface area contributed by atoms with Crippen LogP contribution in [0.2, 0.25) is 0 Å². The van der Waals surface area contributed by atoms with Crippen molar-refractivity contribution < 1.29 is 9.13 Å². The average Bonchev–Trinajstić information content (AvgIpc) is 2.15. The van der Waals surface area contributed by atoms with Gasteiger partial charge in [0.2, 0.25) is 0 Å². The molecule has 3 heteroatoms. The van der Waals surface area contributed by atoms with Gasteiger partial charge < -0.3 is 10.1 Å². The summed E-state index contributed by atoms with van der Waals surface area (Å²) in [6.07, 6.45) is 2.26. The molecule has 2 nitrogen and oxygen atoms in total. The molecule has 2 unspecified atom stereocenters. The van der Waals surface area contributed by atoms with Crippen molar-refractivity contribution in [3.8, 4) is 0 Å². The predicted octanol–water partition coefficient (Wildman–Crippen LogP) is 3.11. The van der Waals surface area contributed by atoms with Gasteiger partial charge in [0.15, 0.2) is 0 Å². The minimum absolute atomic E-state index is 0.178. The van der Waals surface area contributed by atoms with Crippen LogP contribution in [0.25, 0.3) is 0 Å². The van der Waals surface area contributed by atoms with Crippen LogP contribution in [0.15, 0.2) is 18.2 Å². The third kappa shape index (κ3) is 2.95. The molecular formula is C13H18FNO. The van der Waals surface area contributed by atoms with E-state index in [0.29, 0.717) is 12.1 Å². The molecule has 0 aliphatic carbocycles. The highest BCUT2D eigenvalue weighted by Crippen LogP contribution is 2.20. The molecule has 0 aromatic heterocycles. The first-order chi connectivity index (χ1) is 7.63. The molecular weight excluding hydrogens is 205 g/mol. The number of halogens is 1. The van der Waals surface area contributed by atoms with E-state index < -0.39 is 0 Å². The smallest absolute Gasteiger partial charge is 0.125 e. The van der Waals surface area contributed by atoms with Gasteiger partial charge in [0.05, 0.1) is 6.10 Å². The monoisotopic (exact) mass is 223 g/mol. The van der Waals surface area contributed by atoms with Crippen molar-refractivity contribution in [2.75, 3.05) is 11.9 Å².